The summed E-state index contributed by atoms with van der Waals surface area (Å²) in [5, 5.41) is 0. The third kappa shape index (κ3) is 3.60. The highest BCUT2D eigenvalue weighted by molar-refractivity contribution is 6.02. The molecule has 9 nitrogen and oxygen atoms in total. The Hall–Kier alpha value is -3.36. The molecule has 0 aliphatic heterocycles. The van der Waals surface area contributed by atoms with Crippen LogP contribution in [0.15, 0.2) is 18.2 Å². The second-order valence-corrected chi connectivity index (χ2v) is 4.82. The van der Waals surface area contributed by atoms with Gasteiger partial charge in [-0.25, -0.2) is 14.6 Å². The van der Waals surface area contributed by atoms with Crippen molar-refractivity contribution in [2.75, 3.05) is 32.3 Å². The molecule has 0 atom stereocenters. The highest BCUT2D eigenvalue weighted by atomic mass is 16.5. The van der Waals surface area contributed by atoms with Crippen LogP contribution in [0.2, 0.25) is 0 Å². The van der Waals surface area contributed by atoms with Gasteiger partial charge in [-0.05, 0) is 25.1 Å². The number of nitrogen functional groups attached to an aromatic ring is 2. The lowest BCUT2D eigenvalue weighted by Crippen LogP contribution is -2.14. The molecule has 0 bridgehead atoms. The van der Waals surface area contributed by atoms with Gasteiger partial charge in [-0.2, -0.15) is 4.98 Å². The standard InChI is InChI=1S/C16H18N4O5/c1-4-25-15(22)11-12(19-16(18)20-13(11)17)9-6-5-8(14(21)24-3)7-10(9)23-2/h5-7H,4H2,1-3H3,(H4,17,18,19,20). The van der Waals surface area contributed by atoms with E-state index in [0.717, 1.165) is 0 Å². The zero-order chi connectivity index (χ0) is 18.6. The predicted octanol–water partition coefficient (Wildman–Crippen LogP) is 1.28. The van der Waals surface area contributed by atoms with E-state index in [2.05, 4.69) is 14.7 Å². The van der Waals surface area contributed by atoms with Crippen LogP contribution in [0.4, 0.5) is 11.8 Å². The SMILES string of the molecule is CCOC(=O)c1c(N)nc(N)nc1-c1ccc(C(=O)OC)cc1OC. The van der Waals surface area contributed by atoms with Crippen molar-refractivity contribution >= 4 is 23.7 Å². The average molecular weight is 346 g/mol. The minimum atomic E-state index is -0.686. The van der Waals surface area contributed by atoms with Gasteiger partial charge in [0.15, 0.2) is 0 Å². The molecule has 9 heteroatoms. The van der Waals surface area contributed by atoms with Gasteiger partial charge in [0.25, 0.3) is 0 Å². The van der Waals surface area contributed by atoms with Crippen molar-refractivity contribution in [3.63, 3.8) is 0 Å². The first kappa shape index (κ1) is 18.0. The Labute approximate surface area is 143 Å². The van der Waals surface area contributed by atoms with E-state index in [1.807, 2.05) is 0 Å². The normalized spacial score (nSPS) is 10.2. The van der Waals surface area contributed by atoms with Gasteiger partial charge in [0, 0.05) is 5.56 Å². The number of ether oxygens (including phenoxy) is 3. The van der Waals surface area contributed by atoms with Crippen molar-refractivity contribution in [3.8, 4) is 17.0 Å². The van der Waals surface area contributed by atoms with Gasteiger partial charge >= 0.3 is 11.9 Å². The first-order valence-electron chi connectivity index (χ1n) is 7.29. The van der Waals surface area contributed by atoms with Crippen molar-refractivity contribution in [2.45, 2.75) is 6.92 Å². The number of carbonyl (C=O) groups is 2. The van der Waals surface area contributed by atoms with Crippen molar-refractivity contribution in [1.29, 1.82) is 0 Å². The van der Waals surface area contributed by atoms with Crippen molar-refractivity contribution in [3.05, 3.63) is 29.3 Å². The summed E-state index contributed by atoms with van der Waals surface area (Å²) < 4.78 is 15.0. The van der Waals surface area contributed by atoms with Crippen LogP contribution in [-0.4, -0.2) is 42.7 Å². The number of nitrogens with two attached hydrogens (primary N) is 2. The van der Waals surface area contributed by atoms with E-state index in [0.29, 0.717) is 5.56 Å². The Balaban J connectivity index is 2.69. The number of hydrogen-bond acceptors (Lipinski definition) is 9. The molecular weight excluding hydrogens is 328 g/mol. The lowest BCUT2D eigenvalue weighted by atomic mass is 10.0. The van der Waals surface area contributed by atoms with Crippen LogP contribution in [0.25, 0.3) is 11.3 Å². The Bertz CT molecular complexity index is 822. The lowest BCUT2D eigenvalue weighted by Gasteiger charge is -2.14. The van der Waals surface area contributed by atoms with Gasteiger partial charge in [0.05, 0.1) is 32.1 Å². The molecular formula is C16H18N4O5. The maximum Gasteiger partial charge on any atom is 0.344 e. The van der Waals surface area contributed by atoms with E-state index >= 15 is 0 Å². The summed E-state index contributed by atoms with van der Waals surface area (Å²) in [6.45, 7) is 1.82. The smallest absolute Gasteiger partial charge is 0.344 e. The number of nitrogens with zero attached hydrogens (tertiary/aromatic N) is 2. The molecule has 1 heterocycles. The minimum Gasteiger partial charge on any atom is -0.496 e. The third-order valence-electron chi connectivity index (χ3n) is 3.31. The quantitative estimate of drug-likeness (QED) is 0.766. The lowest BCUT2D eigenvalue weighted by molar-refractivity contribution is 0.0526. The fraction of sp³-hybridized carbons (Fsp3) is 0.250. The highest BCUT2D eigenvalue weighted by Crippen LogP contribution is 2.34. The summed E-state index contributed by atoms with van der Waals surface area (Å²) in [5.74, 6) is -1.16. The van der Waals surface area contributed by atoms with E-state index in [9.17, 15) is 9.59 Å². The Kier molecular flexibility index (Phi) is 5.38. The largest absolute Gasteiger partial charge is 0.496 e. The summed E-state index contributed by atoms with van der Waals surface area (Å²) in [7, 11) is 2.69. The van der Waals surface area contributed by atoms with Gasteiger partial charge in [-0.15, -0.1) is 0 Å². The van der Waals surface area contributed by atoms with Gasteiger partial charge in [0.1, 0.15) is 17.1 Å². The fourth-order valence-electron chi connectivity index (χ4n) is 2.23. The first-order chi connectivity index (χ1) is 11.9. The topological polar surface area (TPSA) is 140 Å². The number of methoxy groups -OCH3 is 2. The molecule has 132 valence electrons. The monoisotopic (exact) mass is 346 g/mol. The molecule has 2 rings (SSSR count). The first-order valence-corrected chi connectivity index (χ1v) is 7.29. The molecule has 1 aromatic carbocycles. The highest BCUT2D eigenvalue weighted by Gasteiger charge is 2.24. The zero-order valence-corrected chi connectivity index (χ0v) is 14.0. The number of rotatable bonds is 5. The molecule has 0 unspecified atom stereocenters. The van der Waals surface area contributed by atoms with E-state index < -0.39 is 11.9 Å². The molecule has 0 aliphatic carbocycles. The molecule has 0 radical (unpaired) electrons. The average Bonchev–Trinajstić information content (AvgIpc) is 2.59. The minimum absolute atomic E-state index is 0.0276. The fourth-order valence-corrected chi connectivity index (χ4v) is 2.23. The van der Waals surface area contributed by atoms with E-state index in [1.165, 1.54) is 26.4 Å². The Morgan fingerprint density at radius 1 is 1.12 bits per heavy atom. The summed E-state index contributed by atoms with van der Waals surface area (Å²) in [6, 6.07) is 4.52. The molecule has 0 saturated heterocycles. The van der Waals surface area contributed by atoms with Crippen LogP contribution in [0.5, 0.6) is 5.75 Å². The molecule has 0 spiro atoms. The van der Waals surface area contributed by atoms with E-state index in [4.69, 9.17) is 20.9 Å². The van der Waals surface area contributed by atoms with Crippen LogP contribution in [0, 0.1) is 0 Å². The van der Waals surface area contributed by atoms with Crippen LogP contribution in [0.3, 0.4) is 0 Å². The van der Waals surface area contributed by atoms with Gasteiger partial charge in [-0.1, -0.05) is 0 Å². The Morgan fingerprint density at radius 2 is 1.84 bits per heavy atom. The van der Waals surface area contributed by atoms with Crippen LogP contribution >= 0.6 is 0 Å². The van der Waals surface area contributed by atoms with Crippen LogP contribution < -0.4 is 16.2 Å². The number of benzene rings is 1. The summed E-state index contributed by atoms with van der Waals surface area (Å²) >= 11 is 0. The van der Waals surface area contributed by atoms with Crippen molar-refractivity contribution in [1.82, 2.24) is 9.97 Å². The summed E-state index contributed by atoms with van der Waals surface area (Å²) in [6.07, 6.45) is 0. The van der Waals surface area contributed by atoms with Crippen molar-refractivity contribution in [2.24, 2.45) is 0 Å². The number of aromatic nitrogens is 2. The Morgan fingerprint density at radius 3 is 2.44 bits per heavy atom. The number of hydrogen-bond donors (Lipinski definition) is 2. The zero-order valence-electron chi connectivity index (χ0n) is 14.0. The summed E-state index contributed by atoms with van der Waals surface area (Å²) in [5.41, 5.74) is 12.3. The molecule has 0 aliphatic rings. The molecule has 0 amide bonds. The van der Waals surface area contributed by atoms with Crippen molar-refractivity contribution < 1.29 is 23.8 Å². The molecule has 25 heavy (non-hydrogen) atoms. The second kappa shape index (κ2) is 7.47. The number of esters is 2. The molecule has 4 N–H and O–H groups in total. The molecule has 0 saturated carbocycles. The third-order valence-corrected chi connectivity index (χ3v) is 3.31. The van der Waals surface area contributed by atoms with Gasteiger partial charge < -0.3 is 25.7 Å². The molecule has 2 aromatic rings. The van der Waals surface area contributed by atoms with Gasteiger partial charge in [0.2, 0.25) is 5.95 Å². The molecule has 0 fully saturated rings. The van der Waals surface area contributed by atoms with Gasteiger partial charge in [-0.3, -0.25) is 0 Å². The number of anilines is 2. The summed E-state index contributed by atoms with van der Waals surface area (Å²) in [4.78, 5) is 31.8. The van der Waals surface area contributed by atoms with Crippen LogP contribution in [0.1, 0.15) is 27.6 Å². The second-order valence-electron chi connectivity index (χ2n) is 4.82. The maximum absolute atomic E-state index is 12.3. The molecule has 1 aromatic heterocycles. The van der Waals surface area contributed by atoms with E-state index in [1.54, 1.807) is 13.0 Å². The maximum atomic E-state index is 12.3. The predicted molar refractivity (Wildman–Crippen MR) is 90.1 cm³/mol. The van der Waals surface area contributed by atoms with E-state index in [-0.39, 0.29) is 40.9 Å². The van der Waals surface area contributed by atoms with Crippen LogP contribution in [-0.2, 0) is 9.47 Å². The number of carbonyl (C=O) groups excluding carboxylic acids is 2.